The lowest BCUT2D eigenvalue weighted by Gasteiger charge is -2.29. The Morgan fingerprint density at radius 2 is 1.80 bits per heavy atom. The molecule has 7 nitrogen and oxygen atoms in total. The fourth-order valence-corrected chi connectivity index (χ4v) is 3.71. The number of rotatable bonds is 4. The van der Waals surface area contributed by atoms with Gasteiger partial charge < -0.3 is 4.52 Å². The maximum Gasteiger partial charge on any atom is 0.530 e. The third kappa shape index (κ3) is 4.19. The Hall–Kier alpha value is -2.35. The van der Waals surface area contributed by atoms with Crippen LogP contribution >= 0.6 is 7.82 Å². The Morgan fingerprint density at radius 3 is 2.40 bits per heavy atom. The van der Waals surface area contributed by atoms with Crippen molar-refractivity contribution in [3.63, 3.8) is 0 Å². The van der Waals surface area contributed by atoms with E-state index < -0.39 is 30.5 Å². The Labute approximate surface area is 140 Å². The Morgan fingerprint density at radius 1 is 1.16 bits per heavy atom. The van der Waals surface area contributed by atoms with Crippen molar-refractivity contribution in [2.75, 3.05) is 6.61 Å². The van der Waals surface area contributed by atoms with Crippen molar-refractivity contribution in [3.8, 4) is 5.75 Å². The molecule has 0 bridgehead atoms. The summed E-state index contributed by atoms with van der Waals surface area (Å²) >= 11 is 0. The van der Waals surface area contributed by atoms with Gasteiger partial charge in [-0.2, -0.15) is 0 Å². The molecule has 0 N–H and O–H groups in total. The molecular formula is C15H12F2NO6P. The first-order valence-electron chi connectivity index (χ1n) is 7.18. The van der Waals surface area contributed by atoms with Crippen LogP contribution < -0.4 is 4.52 Å². The second-order valence-electron chi connectivity index (χ2n) is 5.21. The summed E-state index contributed by atoms with van der Waals surface area (Å²) in [6, 6.07) is 7.71. The predicted octanol–water partition coefficient (Wildman–Crippen LogP) is 4.54. The summed E-state index contributed by atoms with van der Waals surface area (Å²) in [5.41, 5.74) is 0.0116. The highest BCUT2D eigenvalue weighted by Crippen LogP contribution is 2.56. The Bertz CT molecular complexity index is 824. The van der Waals surface area contributed by atoms with Crippen molar-refractivity contribution in [3.05, 3.63) is 69.8 Å². The number of hydrogen-bond donors (Lipinski definition) is 0. The molecule has 132 valence electrons. The number of phosphoric ester groups is 1. The molecule has 1 heterocycles. The lowest BCUT2D eigenvalue weighted by molar-refractivity contribution is -0.384. The third-order valence-corrected chi connectivity index (χ3v) is 4.85. The van der Waals surface area contributed by atoms with Gasteiger partial charge in [0.25, 0.3) is 5.69 Å². The third-order valence-electron chi connectivity index (χ3n) is 3.41. The van der Waals surface area contributed by atoms with E-state index in [0.29, 0.717) is 0 Å². The van der Waals surface area contributed by atoms with Crippen LogP contribution in [0.3, 0.4) is 0 Å². The van der Waals surface area contributed by atoms with E-state index in [-0.39, 0.29) is 30.0 Å². The molecule has 0 saturated carbocycles. The molecule has 2 unspecified atom stereocenters. The fourth-order valence-electron chi connectivity index (χ4n) is 2.30. The van der Waals surface area contributed by atoms with E-state index in [2.05, 4.69) is 0 Å². The van der Waals surface area contributed by atoms with Crippen LogP contribution in [0.5, 0.6) is 5.75 Å². The number of nitro benzene ring substituents is 1. The number of nitrogens with zero attached hydrogens (tertiary/aromatic N) is 1. The minimum absolute atomic E-state index is 0.00689. The van der Waals surface area contributed by atoms with Gasteiger partial charge in [0.05, 0.1) is 17.6 Å². The zero-order valence-electron chi connectivity index (χ0n) is 12.6. The molecule has 0 aliphatic carbocycles. The van der Waals surface area contributed by atoms with Crippen LogP contribution in [0.4, 0.5) is 14.5 Å². The molecule has 0 radical (unpaired) electrons. The second kappa shape index (κ2) is 6.87. The minimum atomic E-state index is -4.04. The molecule has 10 heteroatoms. The molecule has 25 heavy (non-hydrogen) atoms. The molecule has 2 atom stereocenters. The molecule has 0 amide bonds. The maximum atomic E-state index is 13.3. The molecular weight excluding hydrogens is 359 g/mol. The number of phosphoric acid groups is 1. The van der Waals surface area contributed by atoms with Crippen LogP contribution in [0.2, 0.25) is 0 Å². The zero-order valence-corrected chi connectivity index (χ0v) is 13.5. The van der Waals surface area contributed by atoms with Gasteiger partial charge in [0, 0.05) is 24.6 Å². The highest BCUT2D eigenvalue weighted by Gasteiger charge is 2.38. The predicted molar refractivity (Wildman–Crippen MR) is 82.1 cm³/mol. The highest BCUT2D eigenvalue weighted by molar-refractivity contribution is 7.49. The molecule has 1 aliphatic heterocycles. The number of nitro groups is 1. The van der Waals surface area contributed by atoms with Crippen molar-refractivity contribution < 1.29 is 31.8 Å². The van der Waals surface area contributed by atoms with E-state index in [1.54, 1.807) is 0 Å². The SMILES string of the molecule is O=[N+]([O-])c1ccc(OP2(=O)OCCC(c3cc(F)cc(F)c3)O2)cc1. The molecule has 0 aromatic heterocycles. The standard InChI is InChI=1S/C15H12F2NO6P/c16-11-7-10(8-12(17)9-11)15-5-6-22-25(21,24-15)23-14-3-1-13(2-4-14)18(19)20/h1-4,7-9,15H,5-6H2. The summed E-state index contributed by atoms with van der Waals surface area (Å²) in [6.07, 6.45) is -0.640. The molecule has 1 saturated heterocycles. The summed E-state index contributed by atoms with van der Waals surface area (Å²) in [6.45, 7) is -0.00689. The van der Waals surface area contributed by atoms with E-state index in [1.165, 1.54) is 24.3 Å². The van der Waals surface area contributed by atoms with E-state index in [4.69, 9.17) is 13.6 Å². The maximum absolute atomic E-state index is 13.3. The lowest BCUT2D eigenvalue weighted by Crippen LogP contribution is -2.17. The average molecular weight is 371 g/mol. The van der Waals surface area contributed by atoms with E-state index in [9.17, 15) is 23.5 Å². The van der Waals surface area contributed by atoms with Gasteiger partial charge >= 0.3 is 7.82 Å². The largest absolute Gasteiger partial charge is 0.530 e. The van der Waals surface area contributed by atoms with E-state index in [0.717, 1.165) is 18.2 Å². The smallest absolute Gasteiger partial charge is 0.404 e. The van der Waals surface area contributed by atoms with Gasteiger partial charge in [0.1, 0.15) is 17.4 Å². The van der Waals surface area contributed by atoms with Crippen LogP contribution in [0.1, 0.15) is 18.1 Å². The van der Waals surface area contributed by atoms with Crippen molar-refractivity contribution in [1.82, 2.24) is 0 Å². The van der Waals surface area contributed by atoms with Crippen LogP contribution in [-0.2, 0) is 13.6 Å². The topological polar surface area (TPSA) is 87.9 Å². The van der Waals surface area contributed by atoms with Gasteiger partial charge in [0.2, 0.25) is 0 Å². The number of benzene rings is 2. The van der Waals surface area contributed by atoms with Crippen molar-refractivity contribution in [1.29, 1.82) is 0 Å². The molecule has 1 aliphatic rings. The van der Waals surface area contributed by atoms with Crippen molar-refractivity contribution in [2.45, 2.75) is 12.5 Å². The fraction of sp³-hybridized carbons (Fsp3) is 0.200. The van der Waals surface area contributed by atoms with Gasteiger partial charge in [-0.25, -0.2) is 13.3 Å². The first-order valence-corrected chi connectivity index (χ1v) is 8.64. The Balaban J connectivity index is 1.77. The van der Waals surface area contributed by atoms with Crippen molar-refractivity contribution >= 4 is 13.5 Å². The monoisotopic (exact) mass is 371 g/mol. The quantitative estimate of drug-likeness (QED) is 0.445. The summed E-state index contributed by atoms with van der Waals surface area (Å²) in [4.78, 5) is 10.0. The van der Waals surface area contributed by atoms with Gasteiger partial charge in [-0.05, 0) is 29.8 Å². The second-order valence-corrected chi connectivity index (χ2v) is 6.75. The van der Waals surface area contributed by atoms with Crippen LogP contribution in [0.25, 0.3) is 0 Å². The van der Waals surface area contributed by atoms with Gasteiger partial charge in [0.15, 0.2) is 0 Å². The first-order chi connectivity index (χ1) is 11.8. The van der Waals surface area contributed by atoms with Gasteiger partial charge in [-0.3, -0.25) is 19.2 Å². The number of hydrogen-bond acceptors (Lipinski definition) is 6. The van der Waals surface area contributed by atoms with E-state index >= 15 is 0 Å². The average Bonchev–Trinajstić information content (AvgIpc) is 2.54. The number of non-ortho nitro benzene ring substituents is 1. The number of halogens is 2. The van der Waals surface area contributed by atoms with Gasteiger partial charge in [-0.15, -0.1) is 0 Å². The Kier molecular flexibility index (Phi) is 4.80. The molecule has 2 aromatic rings. The summed E-state index contributed by atoms with van der Waals surface area (Å²) in [7, 11) is -4.04. The van der Waals surface area contributed by atoms with Crippen LogP contribution in [0, 0.1) is 21.7 Å². The summed E-state index contributed by atoms with van der Waals surface area (Å²) in [5, 5.41) is 10.6. The highest BCUT2D eigenvalue weighted by atomic mass is 31.2. The lowest BCUT2D eigenvalue weighted by atomic mass is 10.1. The zero-order chi connectivity index (χ0) is 18.0. The van der Waals surface area contributed by atoms with Crippen molar-refractivity contribution in [2.24, 2.45) is 0 Å². The van der Waals surface area contributed by atoms with E-state index in [1.807, 2.05) is 0 Å². The van der Waals surface area contributed by atoms with Crippen LogP contribution in [-0.4, -0.2) is 11.5 Å². The summed E-state index contributed by atoms with van der Waals surface area (Å²) < 4.78 is 54.8. The molecule has 3 rings (SSSR count). The first kappa shape index (κ1) is 17.5. The van der Waals surface area contributed by atoms with Gasteiger partial charge in [-0.1, -0.05) is 0 Å². The molecule has 1 fully saturated rings. The van der Waals surface area contributed by atoms with Crippen LogP contribution in [0.15, 0.2) is 42.5 Å². The normalized spacial score (nSPS) is 23.2. The molecule has 2 aromatic carbocycles. The molecule has 0 spiro atoms. The minimum Gasteiger partial charge on any atom is -0.404 e. The summed E-state index contributed by atoms with van der Waals surface area (Å²) in [5.74, 6) is -1.52.